The van der Waals surface area contributed by atoms with E-state index in [0.29, 0.717) is 0 Å². The number of methoxy groups -OCH3 is 1. The van der Waals surface area contributed by atoms with Crippen molar-refractivity contribution in [1.29, 1.82) is 0 Å². The van der Waals surface area contributed by atoms with Gasteiger partial charge in [-0.1, -0.05) is 17.7 Å². The van der Waals surface area contributed by atoms with Crippen LogP contribution in [0.15, 0.2) is 42.6 Å². The number of nitrogens with zero attached hydrogens (tertiary/aromatic N) is 1. The van der Waals surface area contributed by atoms with Crippen molar-refractivity contribution in [3.8, 4) is 17.0 Å². The van der Waals surface area contributed by atoms with Gasteiger partial charge in [0.25, 0.3) is 0 Å². The maximum atomic E-state index is 5.75. The van der Waals surface area contributed by atoms with E-state index in [1.165, 1.54) is 38.9 Å². The molecule has 2 aromatic carbocycles. The zero-order chi connectivity index (χ0) is 19.7. The summed E-state index contributed by atoms with van der Waals surface area (Å²) in [7, 11) is 1.69. The van der Waals surface area contributed by atoms with Crippen molar-refractivity contribution in [2.75, 3.05) is 13.7 Å². The number of hydrogen-bond acceptors (Lipinski definition) is 3. The quantitative estimate of drug-likeness (QED) is 0.451. The molecule has 3 N–H and O–H groups in total. The molecule has 28 heavy (non-hydrogen) atoms. The minimum absolute atomic E-state index is 0.727. The summed E-state index contributed by atoms with van der Waals surface area (Å²) in [5, 5.41) is 2.42. The van der Waals surface area contributed by atoms with Crippen LogP contribution in [0.2, 0.25) is 0 Å². The number of ether oxygens (including phenoxy) is 1. The van der Waals surface area contributed by atoms with E-state index in [1.54, 1.807) is 7.11 Å². The van der Waals surface area contributed by atoms with Crippen molar-refractivity contribution in [2.45, 2.75) is 33.1 Å². The fourth-order valence-electron chi connectivity index (χ4n) is 4.17. The molecule has 0 saturated carbocycles. The number of pyridine rings is 1. The van der Waals surface area contributed by atoms with Crippen molar-refractivity contribution in [1.82, 2.24) is 9.97 Å². The van der Waals surface area contributed by atoms with Gasteiger partial charge in [-0.05, 0) is 75.0 Å². The van der Waals surface area contributed by atoms with Gasteiger partial charge in [0.1, 0.15) is 11.3 Å². The molecule has 0 unspecified atom stereocenters. The third-order valence-corrected chi connectivity index (χ3v) is 5.46. The molecule has 0 fully saturated rings. The van der Waals surface area contributed by atoms with Crippen molar-refractivity contribution in [3.63, 3.8) is 0 Å². The molecule has 4 rings (SSSR count). The van der Waals surface area contributed by atoms with E-state index in [2.05, 4.69) is 48.1 Å². The number of H-pyrrole nitrogens is 1. The number of aryl methyl sites for hydroxylation is 3. The summed E-state index contributed by atoms with van der Waals surface area (Å²) in [5.41, 5.74) is 14.1. The summed E-state index contributed by atoms with van der Waals surface area (Å²) in [6.45, 7) is 5.06. The first-order valence-corrected chi connectivity index (χ1v) is 9.88. The Morgan fingerprint density at radius 2 is 1.93 bits per heavy atom. The highest BCUT2D eigenvalue weighted by atomic mass is 16.5. The van der Waals surface area contributed by atoms with Crippen LogP contribution < -0.4 is 10.5 Å². The third-order valence-electron chi connectivity index (χ3n) is 5.46. The number of benzene rings is 2. The van der Waals surface area contributed by atoms with E-state index >= 15 is 0 Å². The minimum Gasteiger partial charge on any atom is -0.494 e. The lowest BCUT2D eigenvalue weighted by atomic mass is 9.96. The van der Waals surface area contributed by atoms with Crippen LogP contribution in [0, 0.1) is 13.8 Å². The highest BCUT2D eigenvalue weighted by molar-refractivity contribution is 6.02. The van der Waals surface area contributed by atoms with Crippen molar-refractivity contribution in [3.05, 3.63) is 59.3 Å². The molecule has 0 aliphatic heterocycles. The van der Waals surface area contributed by atoms with Crippen molar-refractivity contribution < 1.29 is 4.74 Å². The average Bonchev–Trinajstić information content (AvgIpc) is 3.06. The molecule has 0 atom stereocenters. The first-order chi connectivity index (χ1) is 13.6. The van der Waals surface area contributed by atoms with Gasteiger partial charge in [0.2, 0.25) is 0 Å². The largest absolute Gasteiger partial charge is 0.494 e. The van der Waals surface area contributed by atoms with Gasteiger partial charge in [-0.15, -0.1) is 0 Å². The van der Waals surface area contributed by atoms with E-state index in [0.717, 1.165) is 42.5 Å². The number of rotatable bonds is 6. The fraction of sp³-hybridized carbons (Fsp3) is 0.292. The number of aromatic nitrogens is 2. The molecule has 0 bridgehead atoms. The second-order valence-electron chi connectivity index (χ2n) is 7.44. The fourth-order valence-corrected chi connectivity index (χ4v) is 4.17. The summed E-state index contributed by atoms with van der Waals surface area (Å²) in [4.78, 5) is 8.31. The summed E-state index contributed by atoms with van der Waals surface area (Å²) in [5.74, 6) is 0.798. The molecule has 0 aliphatic rings. The molecule has 4 nitrogen and oxygen atoms in total. The van der Waals surface area contributed by atoms with Gasteiger partial charge >= 0.3 is 0 Å². The van der Waals surface area contributed by atoms with Gasteiger partial charge in [-0.2, -0.15) is 0 Å². The Kier molecular flexibility index (Phi) is 5.05. The van der Waals surface area contributed by atoms with Crippen LogP contribution in [-0.2, 0) is 6.42 Å². The zero-order valence-corrected chi connectivity index (χ0v) is 16.8. The van der Waals surface area contributed by atoms with Gasteiger partial charge < -0.3 is 15.5 Å². The standard InChI is InChI=1S/C24H27N3O/c1-15-13-16(2)22-20(14-15)18(7-4-5-11-25)23(27-22)19-9-10-21(28-3)24-17(19)8-6-12-26-24/h6,8-10,12-14,27H,4-5,7,11,25H2,1-3H3. The molecule has 0 amide bonds. The van der Waals surface area contributed by atoms with Crippen molar-refractivity contribution in [2.24, 2.45) is 5.73 Å². The number of nitrogens with two attached hydrogens (primary N) is 1. The van der Waals surface area contributed by atoms with E-state index in [-0.39, 0.29) is 0 Å². The molecular formula is C24H27N3O. The van der Waals surface area contributed by atoms with Crippen LogP contribution in [0.5, 0.6) is 5.75 Å². The topological polar surface area (TPSA) is 63.9 Å². The first-order valence-electron chi connectivity index (χ1n) is 9.88. The number of aromatic amines is 1. The van der Waals surface area contributed by atoms with Crippen LogP contribution in [-0.4, -0.2) is 23.6 Å². The molecule has 0 radical (unpaired) electrons. The van der Waals surface area contributed by atoms with E-state index in [1.807, 2.05) is 18.3 Å². The van der Waals surface area contributed by atoms with Gasteiger partial charge in [0.05, 0.1) is 12.8 Å². The van der Waals surface area contributed by atoms with Gasteiger partial charge in [0, 0.05) is 28.0 Å². The Bertz CT molecular complexity index is 1140. The highest BCUT2D eigenvalue weighted by Crippen LogP contribution is 2.38. The SMILES string of the molecule is COc1ccc(-c2[nH]c3c(C)cc(C)cc3c2CCCCN)c2cccnc12. The Labute approximate surface area is 165 Å². The van der Waals surface area contributed by atoms with Crippen LogP contribution >= 0.6 is 0 Å². The minimum atomic E-state index is 0.727. The lowest BCUT2D eigenvalue weighted by Crippen LogP contribution is -1.99. The Morgan fingerprint density at radius 3 is 2.71 bits per heavy atom. The summed E-state index contributed by atoms with van der Waals surface area (Å²) in [6.07, 6.45) is 4.93. The smallest absolute Gasteiger partial charge is 0.145 e. The van der Waals surface area contributed by atoms with Crippen molar-refractivity contribution >= 4 is 21.8 Å². The maximum Gasteiger partial charge on any atom is 0.145 e. The number of nitrogens with one attached hydrogen (secondary N) is 1. The van der Waals surface area contributed by atoms with Gasteiger partial charge in [-0.25, -0.2) is 0 Å². The Hall–Kier alpha value is -2.85. The number of hydrogen-bond donors (Lipinski definition) is 2. The Morgan fingerprint density at radius 1 is 1.07 bits per heavy atom. The predicted molar refractivity (Wildman–Crippen MR) is 117 cm³/mol. The lowest BCUT2D eigenvalue weighted by Gasteiger charge is -2.11. The van der Waals surface area contributed by atoms with E-state index in [9.17, 15) is 0 Å². The molecule has 4 heteroatoms. The molecule has 0 saturated heterocycles. The molecule has 2 aromatic heterocycles. The lowest BCUT2D eigenvalue weighted by molar-refractivity contribution is 0.419. The van der Waals surface area contributed by atoms with Gasteiger partial charge in [-0.3, -0.25) is 4.98 Å². The van der Waals surface area contributed by atoms with E-state index in [4.69, 9.17) is 10.5 Å². The Balaban J connectivity index is 1.99. The molecule has 144 valence electrons. The van der Waals surface area contributed by atoms with Crippen LogP contribution in [0.4, 0.5) is 0 Å². The van der Waals surface area contributed by atoms with Crippen LogP contribution in [0.3, 0.4) is 0 Å². The normalized spacial score (nSPS) is 11.4. The highest BCUT2D eigenvalue weighted by Gasteiger charge is 2.18. The summed E-state index contributed by atoms with van der Waals surface area (Å²) < 4.78 is 5.54. The average molecular weight is 374 g/mol. The number of unbranched alkanes of at least 4 members (excludes halogenated alkanes) is 1. The predicted octanol–water partition coefficient (Wildman–Crippen LogP) is 5.29. The molecule has 0 spiro atoms. The molecule has 4 aromatic rings. The maximum absolute atomic E-state index is 5.75. The first kappa shape index (κ1) is 18.5. The monoisotopic (exact) mass is 373 g/mol. The molecular weight excluding hydrogens is 346 g/mol. The molecule has 2 heterocycles. The zero-order valence-electron chi connectivity index (χ0n) is 16.8. The number of fused-ring (bicyclic) bond motifs is 2. The second-order valence-corrected chi connectivity index (χ2v) is 7.44. The third kappa shape index (κ3) is 3.14. The van der Waals surface area contributed by atoms with Crippen LogP contribution in [0.1, 0.15) is 29.5 Å². The molecule has 0 aliphatic carbocycles. The van der Waals surface area contributed by atoms with Crippen LogP contribution in [0.25, 0.3) is 33.1 Å². The summed E-state index contributed by atoms with van der Waals surface area (Å²) >= 11 is 0. The summed E-state index contributed by atoms with van der Waals surface area (Å²) in [6, 6.07) is 12.8. The van der Waals surface area contributed by atoms with Gasteiger partial charge in [0.15, 0.2) is 0 Å². The van der Waals surface area contributed by atoms with E-state index < -0.39 is 0 Å². The second kappa shape index (κ2) is 7.64.